The molecule has 1 aliphatic heterocycles. The average molecular weight is 295 g/mol. The largest absolute Gasteiger partial charge is 0.467 e. The van der Waals surface area contributed by atoms with Crippen LogP contribution in [0.1, 0.15) is 12.0 Å². The predicted octanol–water partition coefficient (Wildman–Crippen LogP) is 2.16. The number of rotatable bonds is 4. The maximum absolute atomic E-state index is 12.9. The maximum Gasteiger partial charge on any atom is 0.410 e. The van der Waals surface area contributed by atoms with Gasteiger partial charge >= 0.3 is 12.1 Å². The van der Waals surface area contributed by atoms with Crippen molar-refractivity contribution in [1.82, 2.24) is 4.90 Å². The quantitative estimate of drug-likeness (QED) is 0.799. The van der Waals surface area contributed by atoms with Gasteiger partial charge in [0.25, 0.3) is 0 Å². The van der Waals surface area contributed by atoms with Gasteiger partial charge in [-0.3, -0.25) is 9.29 Å². The number of methoxy groups -OCH3 is 1. The van der Waals surface area contributed by atoms with E-state index in [1.807, 2.05) is 30.3 Å². The lowest BCUT2D eigenvalue weighted by molar-refractivity contribution is -0.146. The molecule has 0 saturated carbocycles. The first-order valence-corrected chi connectivity index (χ1v) is 6.78. The molecule has 114 valence electrons. The molecular weight excluding hydrogens is 277 g/mol. The van der Waals surface area contributed by atoms with Crippen LogP contribution in [0.25, 0.3) is 0 Å². The van der Waals surface area contributed by atoms with Crippen molar-refractivity contribution in [3.8, 4) is 0 Å². The molecule has 0 bridgehead atoms. The molecule has 0 unspecified atom stereocenters. The van der Waals surface area contributed by atoms with Crippen molar-refractivity contribution >= 4 is 12.1 Å². The van der Waals surface area contributed by atoms with Gasteiger partial charge in [0.2, 0.25) is 0 Å². The number of benzene rings is 1. The number of amides is 1. The Morgan fingerprint density at radius 2 is 2.05 bits per heavy atom. The van der Waals surface area contributed by atoms with Crippen LogP contribution in [0.5, 0.6) is 0 Å². The summed E-state index contributed by atoms with van der Waals surface area (Å²) >= 11 is 0. The Bertz CT molecular complexity index is 494. The fraction of sp³-hybridized carbons (Fsp3) is 0.467. The summed E-state index contributed by atoms with van der Waals surface area (Å²) in [6.07, 6.45) is -0.193. The molecule has 0 N–H and O–H groups in total. The Morgan fingerprint density at radius 1 is 1.33 bits per heavy atom. The lowest BCUT2D eigenvalue weighted by atomic mass is 10.0. The summed E-state index contributed by atoms with van der Waals surface area (Å²) in [5.74, 6) is -1.13. The lowest BCUT2D eigenvalue weighted by Gasteiger charge is -2.24. The summed E-state index contributed by atoms with van der Waals surface area (Å²) in [7, 11) is 1.23. The van der Waals surface area contributed by atoms with Crippen molar-refractivity contribution < 1.29 is 23.5 Å². The number of nitrogens with zero attached hydrogens (tertiary/aromatic N) is 1. The normalized spacial score (nSPS) is 21.1. The highest BCUT2D eigenvalue weighted by Crippen LogP contribution is 2.26. The van der Waals surface area contributed by atoms with Crippen molar-refractivity contribution in [1.29, 1.82) is 0 Å². The van der Waals surface area contributed by atoms with E-state index in [-0.39, 0.29) is 6.61 Å². The standard InChI is InChI=1S/C15H18FNO4/c1-20-14(18)13-12(9-16)7-8-17(13)15(19)21-10-11-5-3-2-4-6-11/h2-6,12-13H,7-10H2,1H3/t12-,13+/m0/s1. The Labute approximate surface area is 122 Å². The van der Waals surface area contributed by atoms with Crippen molar-refractivity contribution in [2.24, 2.45) is 5.92 Å². The van der Waals surface area contributed by atoms with Gasteiger partial charge in [0.1, 0.15) is 12.6 Å². The SMILES string of the molecule is COC(=O)[C@H]1[C@H](CF)CCN1C(=O)OCc1ccccc1. The molecule has 0 radical (unpaired) electrons. The van der Waals surface area contributed by atoms with Gasteiger partial charge < -0.3 is 9.47 Å². The number of halogens is 1. The van der Waals surface area contributed by atoms with Gasteiger partial charge in [-0.15, -0.1) is 0 Å². The van der Waals surface area contributed by atoms with Crippen LogP contribution in [-0.2, 0) is 20.9 Å². The van der Waals surface area contributed by atoms with E-state index in [4.69, 9.17) is 4.74 Å². The third-order valence-corrected chi connectivity index (χ3v) is 3.60. The summed E-state index contributed by atoms with van der Waals surface area (Å²) in [4.78, 5) is 25.1. The predicted molar refractivity (Wildman–Crippen MR) is 73.2 cm³/mol. The van der Waals surface area contributed by atoms with Gasteiger partial charge in [-0.2, -0.15) is 0 Å². The summed E-state index contributed by atoms with van der Waals surface area (Å²) in [6.45, 7) is -0.255. The molecule has 0 spiro atoms. The Hall–Kier alpha value is -2.11. The fourth-order valence-corrected chi connectivity index (χ4v) is 2.47. The van der Waals surface area contributed by atoms with E-state index in [1.54, 1.807) is 0 Å². The Balaban J connectivity index is 1.99. The molecular formula is C15H18FNO4. The third-order valence-electron chi connectivity index (χ3n) is 3.60. The highest BCUT2D eigenvalue weighted by Gasteiger charge is 2.43. The molecule has 0 aromatic heterocycles. The number of alkyl halides is 1. The molecule has 5 nitrogen and oxygen atoms in total. The number of ether oxygens (including phenoxy) is 2. The van der Waals surface area contributed by atoms with Crippen LogP contribution in [0.4, 0.5) is 9.18 Å². The van der Waals surface area contributed by atoms with Gasteiger partial charge in [-0.05, 0) is 12.0 Å². The van der Waals surface area contributed by atoms with Crippen LogP contribution in [0, 0.1) is 5.92 Å². The molecule has 1 fully saturated rings. The zero-order valence-corrected chi connectivity index (χ0v) is 11.8. The van der Waals surface area contributed by atoms with Crippen LogP contribution in [-0.4, -0.2) is 43.3 Å². The number of esters is 1. The fourth-order valence-electron chi connectivity index (χ4n) is 2.47. The van der Waals surface area contributed by atoms with E-state index >= 15 is 0 Å². The Morgan fingerprint density at radius 3 is 2.67 bits per heavy atom. The molecule has 2 atom stereocenters. The molecule has 1 aliphatic rings. The van der Waals surface area contributed by atoms with Crippen molar-refractivity contribution in [3.63, 3.8) is 0 Å². The molecule has 1 aromatic rings. The smallest absolute Gasteiger partial charge is 0.410 e. The first kappa shape index (κ1) is 15.3. The number of carbonyl (C=O) groups excluding carboxylic acids is 2. The van der Waals surface area contributed by atoms with Crippen LogP contribution < -0.4 is 0 Å². The molecule has 1 saturated heterocycles. The van der Waals surface area contributed by atoms with Crippen LogP contribution in [0.15, 0.2) is 30.3 Å². The van der Waals surface area contributed by atoms with Gasteiger partial charge in [-0.1, -0.05) is 30.3 Å². The second kappa shape index (κ2) is 7.06. The molecule has 6 heteroatoms. The highest BCUT2D eigenvalue weighted by atomic mass is 19.1. The van der Waals surface area contributed by atoms with Crippen molar-refractivity contribution in [3.05, 3.63) is 35.9 Å². The van der Waals surface area contributed by atoms with Gasteiger partial charge in [-0.25, -0.2) is 9.59 Å². The van der Waals surface area contributed by atoms with E-state index in [9.17, 15) is 14.0 Å². The first-order valence-electron chi connectivity index (χ1n) is 6.78. The van der Waals surface area contributed by atoms with Gasteiger partial charge in [0, 0.05) is 12.5 Å². The minimum Gasteiger partial charge on any atom is -0.467 e. The molecule has 21 heavy (non-hydrogen) atoms. The summed E-state index contributed by atoms with van der Waals surface area (Å²) in [6, 6.07) is 8.32. The van der Waals surface area contributed by atoms with Crippen LogP contribution in [0.2, 0.25) is 0 Å². The number of carbonyl (C=O) groups is 2. The number of hydrogen-bond donors (Lipinski definition) is 0. The summed E-state index contributed by atoms with van der Waals surface area (Å²) in [5, 5.41) is 0. The average Bonchev–Trinajstić information content (AvgIpc) is 2.96. The highest BCUT2D eigenvalue weighted by molar-refractivity contribution is 5.82. The number of hydrogen-bond acceptors (Lipinski definition) is 4. The second-order valence-electron chi connectivity index (χ2n) is 4.90. The van der Waals surface area contributed by atoms with Gasteiger partial charge in [0.05, 0.1) is 13.8 Å². The van der Waals surface area contributed by atoms with E-state index in [1.165, 1.54) is 12.0 Å². The maximum atomic E-state index is 12.9. The number of likely N-dealkylation sites (tertiary alicyclic amines) is 1. The molecule has 1 amide bonds. The topological polar surface area (TPSA) is 55.8 Å². The monoisotopic (exact) mass is 295 g/mol. The zero-order valence-electron chi connectivity index (χ0n) is 11.8. The molecule has 1 aromatic carbocycles. The molecule has 1 heterocycles. The molecule has 0 aliphatic carbocycles. The lowest BCUT2D eigenvalue weighted by Crippen LogP contribution is -2.44. The van der Waals surface area contributed by atoms with Crippen LogP contribution in [0.3, 0.4) is 0 Å². The van der Waals surface area contributed by atoms with Crippen LogP contribution >= 0.6 is 0 Å². The van der Waals surface area contributed by atoms with E-state index in [2.05, 4.69) is 4.74 Å². The minimum absolute atomic E-state index is 0.115. The third kappa shape index (κ3) is 3.51. The zero-order chi connectivity index (χ0) is 15.2. The van der Waals surface area contributed by atoms with Gasteiger partial charge in [0.15, 0.2) is 0 Å². The van der Waals surface area contributed by atoms with E-state index in [0.29, 0.717) is 13.0 Å². The van der Waals surface area contributed by atoms with Crippen molar-refractivity contribution in [2.45, 2.75) is 19.1 Å². The summed E-state index contributed by atoms with van der Waals surface area (Å²) < 4.78 is 22.8. The first-order chi connectivity index (χ1) is 10.2. The van der Waals surface area contributed by atoms with E-state index in [0.717, 1.165) is 5.56 Å². The second-order valence-corrected chi connectivity index (χ2v) is 4.90. The molecule has 2 rings (SSSR count). The van der Waals surface area contributed by atoms with Crippen molar-refractivity contribution in [2.75, 3.05) is 20.3 Å². The Kier molecular flexibility index (Phi) is 5.14. The van der Waals surface area contributed by atoms with E-state index < -0.39 is 30.7 Å². The minimum atomic E-state index is -0.900. The summed E-state index contributed by atoms with van der Waals surface area (Å²) in [5.41, 5.74) is 0.849.